The number of aryl methyl sites for hydroxylation is 1. The van der Waals surface area contributed by atoms with Crippen molar-refractivity contribution in [3.05, 3.63) is 59.7 Å². The standard InChI is InChI=1S/C24H32N2O2/c1-17-7-5-9-23(15-17)28-20(4)24(27)25-19(3)21-10-12-22(13-11-21)26-14-6-8-18(2)16-26/h5,7,9-13,15,18-20H,6,8,14,16H2,1-4H3,(H,25,27)/t18-,19-,20+/m1/s1. The van der Waals surface area contributed by atoms with Crippen molar-refractivity contribution in [1.82, 2.24) is 5.32 Å². The van der Waals surface area contributed by atoms with Gasteiger partial charge in [0.05, 0.1) is 6.04 Å². The first-order valence-corrected chi connectivity index (χ1v) is 10.3. The third kappa shape index (κ3) is 5.28. The van der Waals surface area contributed by atoms with Gasteiger partial charge >= 0.3 is 0 Å². The molecule has 0 saturated carbocycles. The highest BCUT2D eigenvalue weighted by Crippen LogP contribution is 2.24. The fourth-order valence-corrected chi connectivity index (χ4v) is 3.76. The molecule has 0 unspecified atom stereocenters. The minimum Gasteiger partial charge on any atom is -0.481 e. The summed E-state index contributed by atoms with van der Waals surface area (Å²) in [4.78, 5) is 15.0. The molecular weight excluding hydrogens is 348 g/mol. The molecule has 150 valence electrons. The molecule has 3 rings (SSSR count). The van der Waals surface area contributed by atoms with E-state index in [1.807, 2.05) is 38.1 Å². The zero-order valence-electron chi connectivity index (χ0n) is 17.4. The first kappa shape index (κ1) is 20.2. The number of hydrogen-bond acceptors (Lipinski definition) is 3. The van der Waals surface area contributed by atoms with Crippen molar-refractivity contribution in [2.45, 2.75) is 52.7 Å². The average Bonchev–Trinajstić information content (AvgIpc) is 2.68. The molecule has 0 aromatic heterocycles. The molecule has 3 atom stereocenters. The lowest BCUT2D eigenvalue weighted by Crippen LogP contribution is -2.37. The van der Waals surface area contributed by atoms with Crippen molar-refractivity contribution >= 4 is 11.6 Å². The van der Waals surface area contributed by atoms with Gasteiger partial charge in [0, 0.05) is 18.8 Å². The van der Waals surface area contributed by atoms with Crippen molar-refractivity contribution in [1.29, 1.82) is 0 Å². The molecule has 0 aliphatic carbocycles. The highest BCUT2D eigenvalue weighted by Gasteiger charge is 2.19. The van der Waals surface area contributed by atoms with Gasteiger partial charge in [-0.25, -0.2) is 0 Å². The van der Waals surface area contributed by atoms with Crippen LogP contribution in [0.2, 0.25) is 0 Å². The second kappa shape index (κ2) is 9.13. The Morgan fingerprint density at radius 1 is 1.18 bits per heavy atom. The van der Waals surface area contributed by atoms with E-state index < -0.39 is 6.10 Å². The Hall–Kier alpha value is -2.49. The van der Waals surface area contributed by atoms with Gasteiger partial charge < -0.3 is 15.0 Å². The topological polar surface area (TPSA) is 41.6 Å². The SMILES string of the molecule is Cc1cccc(O[C@@H](C)C(=O)N[C@H](C)c2ccc(N3CCC[C@@H](C)C3)cc2)c1. The van der Waals surface area contributed by atoms with Gasteiger partial charge in [-0.05, 0) is 74.9 Å². The number of nitrogens with one attached hydrogen (secondary N) is 1. The number of piperidine rings is 1. The van der Waals surface area contributed by atoms with E-state index in [4.69, 9.17) is 4.74 Å². The fourth-order valence-electron chi connectivity index (χ4n) is 3.76. The zero-order chi connectivity index (χ0) is 20.1. The largest absolute Gasteiger partial charge is 0.481 e. The summed E-state index contributed by atoms with van der Waals surface area (Å²) in [6.45, 7) is 10.4. The molecule has 1 saturated heterocycles. The Balaban J connectivity index is 1.56. The van der Waals surface area contributed by atoms with E-state index in [0.29, 0.717) is 0 Å². The van der Waals surface area contributed by atoms with E-state index in [2.05, 4.69) is 41.4 Å². The van der Waals surface area contributed by atoms with E-state index >= 15 is 0 Å². The number of hydrogen-bond donors (Lipinski definition) is 1. The maximum atomic E-state index is 12.5. The zero-order valence-corrected chi connectivity index (χ0v) is 17.4. The second-order valence-electron chi connectivity index (χ2n) is 8.09. The molecule has 2 aromatic carbocycles. The molecule has 0 bridgehead atoms. The van der Waals surface area contributed by atoms with Crippen LogP contribution in [0.1, 0.15) is 50.8 Å². The first-order valence-electron chi connectivity index (χ1n) is 10.3. The van der Waals surface area contributed by atoms with E-state index in [1.165, 1.54) is 18.5 Å². The van der Waals surface area contributed by atoms with Crippen LogP contribution in [0.4, 0.5) is 5.69 Å². The molecule has 4 nitrogen and oxygen atoms in total. The van der Waals surface area contributed by atoms with Crippen LogP contribution < -0.4 is 15.0 Å². The lowest BCUT2D eigenvalue weighted by molar-refractivity contribution is -0.127. The predicted octanol–water partition coefficient (Wildman–Crippen LogP) is 4.88. The van der Waals surface area contributed by atoms with Crippen LogP contribution in [-0.4, -0.2) is 25.1 Å². The van der Waals surface area contributed by atoms with Crippen molar-refractivity contribution in [2.75, 3.05) is 18.0 Å². The summed E-state index contributed by atoms with van der Waals surface area (Å²) in [7, 11) is 0. The highest BCUT2D eigenvalue weighted by molar-refractivity contribution is 5.81. The number of anilines is 1. The van der Waals surface area contributed by atoms with E-state index in [-0.39, 0.29) is 11.9 Å². The molecule has 0 radical (unpaired) electrons. The van der Waals surface area contributed by atoms with Gasteiger partial charge in [-0.3, -0.25) is 4.79 Å². The number of amides is 1. The number of nitrogens with zero attached hydrogens (tertiary/aromatic N) is 1. The molecule has 4 heteroatoms. The van der Waals surface area contributed by atoms with Crippen LogP contribution in [0.25, 0.3) is 0 Å². The van der Waals surface area contributed by atoms with Crippen LogP contribution in [-0.2, 0) is 4.79 Å². The van der Waals surface area contributed by atoms with E-state index in [9.17, 15) is 4.79 Å². The van der Waals surface area contributed by atoms with Crippen LogP contribution >= 0.6 is 0 Å². The maximum Gasteiger partial charge on any atom is 0.261 e. The number of carbonyl (C=O) groups is 1. The van der Waals surface area contributed by atoms with Crippen molar-refractivity contribution in [3.63, 3.8) is 0 Å². The minimum absolute atomic E-state index is 0.0645. The van der Waals surface area contributed by atoms with Gasteiger partial charge in [0.15, 0.2) is 6.10 Å². The molecule has 0 spiro atoms. The van der Waals surface area contributed by atoms with Crippen molar-refractivity contribution in [2.24, 2.45) is 5.92 Å². The molecule has 1 heterocycles. The lowest BCUT2D eigenvalue weighted by Gasteiger charge is -2.33. The number of benzene rings is 2. The molecule has 2 aromatic rings. The Kier molecular flexibility index (Phi) is 6.61. The summed E-state index contributed by atoms with van der Waals surface area (Å²) < 4.78 is 5.78. The smallest absolute Gasteiger partial charge is 0.261 e. The summed E-state index contributed by atoms with van der Waals surface area (Å²) in [6.07, 6.45) is 2.03. The number of ether oxygens (including phenoxy) is 1. The molecule has 1 N–H and O–H groups in total. The summed E-state index contributed by atoms with van der Waals surface area (Å²) in [5.74, 6) is 1.36. The normalized spacial score (nSPS) is 19.0. The summed E-state index contributed by atoms with van der Waals surface area (Å²) in [6, 6.07) is 16.3. The predicted molar refractivity (Wildman–Crippen MR) is 115 cm³/mol. The third-order valence-corrected chi connectivity index (χ3v) is 5.45. The average molecular weight is 381 g/mol. The Labute approximate surface area is 168 Å². The second-order valence-corrected chi connectivity index (χ2v) is 8.09. The van der Waals surface area contributed by atoms with Crippen LogP contribution in [0.5, 0.6) is 5.75 Å². The van der Waals surface area contributed by atoms with Gasteiger partial charge in [-0.15, -0.1) is 0 Å². The quantitative estimate of drug-likeness (QED) is 0.777. The Morgan fingerprint density at radius 2 is 1.93 bits per heavy atom. The first-order chi connectivity index (χ1) is 13.4. The van der Waals surface area contributed by atoms with Gasteiger partial charge in [0.1, 0.15) is 5.75 Å². The van der Waals surface area contributed by atoms with E-state index in [1.54, 1.807) is 6.92 Å². The number of rotatable bonds is 6. The minimum atomic E-state index is -0.543. The van der Waals surface area contributed by atoms with Gasteiger partial charge in [0.2, 0.25) is 0 Å². The van der Waals surface area contributed by atoms with Crippen LogP contribution in [0, 0.1) is 12.8 Å². The monoisotopic (exact) mass is 380 g/mol. The van der Waals surface area contributed by atoms with Gasteiger partial charge in [-0.1, -0.05) is 31.2 Å². The lowest BCUT2D eigenvalue weighted by atomic mass is 9.99. The number of carbonyl (C=O) groups excluding carboxylic acids is 1. The van der Waals surface area contributed by atoms with Crippen LogP contribution in [0.15, 0.2) is 48.5 Å². The molecule has 1 amide bonds. The molecule has 1 aliphatic rings. The maximum absolute atomic E-state index is 12.5. The van der Waals surface area contributed by atoms with E-state index in [0.717, 1.165) is 35.9 Å². The summed E-state index contributed by atoms with van der Waals surface area (Å²) in [5.41, 5.74) is 3.48. The molecular formula is C24H32N2O2. The van der Waals surface area contributed by atoms with Gasteiger partial charge in [0.25, 0.3) is 5.91 Å². The summed E-state index contributed by atoms with van der Waals surface area (Å²) >= 11 is 0. The van der Waals surface area contributed by atoms with Crippen molar-refractivity contribution < 1.29 is 9.53 Å². The third-order valence-electron chi connectivity index (χ3n) is 5.45. The van der Waals surface area contributed by atoms with Crippen LogP contribution in [0.3, 0.4) is 0 Å². The molecule has 1 fully saturated rings. The molecule has 1 aliphatic heterocycles. The van der Waals surface area contributed by atoms with Crippen molar-refractivity contribution in [3.8, 4) is 5.75 Å². The fraction of sp³-hybridized carbons (Fsp3) is 0.458. The Bertz CT molecular complexity index is 787. The highest BCUT2D eigenvalue weighted by atomic mass is 16.5. The summed E-state index contributed by atoms with van der Waals surface area (Å²) in [5, 5.41) is 3.06. The Morgan fingerprint density at radius 3 is 2.61 bits per heavy atom. The molecule has 28 heavy (non-hydrogen) atoms. The van der Waals surface area contributed by atoms with Gasteiger partial charge in [-0.2, -0.15) is 0 Å².